The summed E-state index contributed by atoms with van der Waals surface area (Å²) in [5.41, 5.74) is 0. The lowest BCUT2D eigenvalue weighted by Crippen LogP contribution is -2.49. The average molecular weight is 621 g/mol. The van der Waals surface area contributed by atoms with Crippen molar-refractivity contribution in [2.24, 2.45) is 59.2 Å². The van der Waals surface area contributed by atoms with Crippen LogP contribution in [-0.2, 0) is 14.3 Å². The molecule has 10 unspecified atom stereocenters. The Bertz CT molecular complexity index is 999. The van der Waals surface area contributed by atoms with E-state index in [2.05, 4.69) is 36.5 Å². The van der Waals surface area contributed by atoms with Crippen LogP contribution < -0.4 is 0 Å². The number of carbonyl (C=O) groups excluding carboxylic acids is 1. The van der Waals surface area contributed by atoms with Crippen LogP contribution in [0, 0.1) is 59.2 Å². The minimum Gasteiger partial charge on any atom is -0.463 e. The fourth-order valence-corrected chi connectivity index (χ4v) is 10.7. The van der Waals surface area contributed by atoms with Crippen LogP contribution in [0.3, 0.4) is 0 Å². The van der Waals surface area contributed by atoms with Crippen LogP contribution in [0.4, 0.5) is 0 Å². The van der Waals surface area contributed by atoms with Gasteiger partial charge in [0.1, 0.15) is 12.7 Å². The first kappa shape index (κ1) is 33.5. The average Bonchev–Trinajstić information content (AvgIpc) is 3.06. The smallest absolute Gasteiger partial charge is 0.305 e. The zero-order valence-corrected chi connectivity index (χ0v) is 28.3. The first-order valence-electron chi connectivity index (χ1n) is 19.6. The zero-order valence-electron chi connectivity index (χ0n) is 28.3. The molecule has 0 aromatic heterocycles. The number of ether oxygens (including phenoxy) is 2. The van der Waals surface area contributed by atoms with E-state index in [1.54, 1.807) is 0 Å². The van der Waals surface area contributed by atoms with Crippen LogP contribution in [0.25, 0.3) is 0 Å². The van der Waals surface area contributed by atoms with Gasteiger partial charge in [-0.05, 0) is 123 Å². The van der Waals surface area contributed by atoms with Crippen molar-refractivity contribution in [3.05, 3.63) is 36.5 Å². The molecule has 0 aromatic rings. The number of rotatable bonds is 19. The largest absolute Gasteiger partial charge is 0.463 e. The van der Waals surface area contributed by atoms with Crippen molar-refractivity contribution in [1.29, 1.82) is 0 Å². The van der Waals surface area contributed by atoms with Gasteiger partial charge in [0.05, 0.1) is 6.61 Å². The third-order valence-electron chi connectivity index (χ3n) is 13.3. The lowest BCUT2D eigenvalue weighted by atomic mass is 9.48. The van der Waals surface area contributed by atoms with Crippen molar-refractivity contribution >= 4 is 5.97 Å². The number of aliphatic hydroxyl groups is 1. The molecule has 1 N–H and O–H groups in total. The topological polar surface area (TPSA) is 55.8 Å². The third kappa shape index (κ3) is 8.75. The number of hydrogen-bond acceptors (Lipinski definition) is 4. The summed E-state index contributed by atoms with van der Waals surface area (Å²) in [6.07, 6.45) is 39.8. The maximum absolute atomic E-state index is 12.3. The Morgan fingerprint density at radius 1 is 0.667 bits per heavy atom. The number of esters is 1. The molecule has 45 heavy (non-hydrogen) atoms. The van der Waals surface area contributed by atoms with Crippen LogP contribution in [-0.4, -0.2) is 37.0 Å². The molecule has 6 aliphatic carbocycles. The second-order valence-electron chi connectivity index (χ2n) is 16.0. The molecule has 0 radical (unpaired) electrons. The van der Waals surface area contributed by atoms with Gasteiger partial charge in [-0.25, -0.2) is 0 Å². The van der Waals surface area contributed by atoms with Crippen LogP contribution in [0.15, 0.2) is 36.5 Å². The number of unbranched alkanes of at least 4 members (excludes halogenated alkanes) is 7. The van der Waals surface area contributed by atoms with Gasteiger partial charge in [-0.15, -0.1) is 0 Å². The normalized spacial score (nSPS) is 36.6. The van der Waals surface area contributed by atoms with Crippen molar-refractivity contribution in [2.75, 3.05) is 19.8 Å². The van der Waals surface area contributed by atoms with E-state index in [4.69, 9.17) is 9.47 Å². The molecule has 252 valence electrons. The summed E-state index contributed by atoms with van der Waals surface area (Å²) < 4.78 is 11.3. The van der Waals surface area contributed by atoms with E-state index >= 15 is 0 Å². The van der Waals surface area contributed by atoms with Crippen LogP contribution in [0.2, 0.25) is 0 Å². The molecular formula is C41H64O4. The lowest BCUT2D eigenvalue weighted by Gasteiger charge is -2.57. The van der Waals surface area contributed by atoms with E-state index in [1.165, 1.54) is 103 Å². The van der Waals surface area contributed by atoms with Gasteiger partial charge in [-0.1, -0.05) is 94.2 Å². The molecule has 0 aliphatic heterocycles. The molecule has 0 bridgehead atoms. The first-order chi connectivity index (χ1) is 22.2. The predicted molar refractivity (Wildman–Crippen MR) is 182 cm³/mol. The fraction of sp³-hybridized carbons (Fsp3) is 0.829. The predicted octanol–water partition coefficient (Wildman–Crippen LogP) is 9.62. The van der Waals surface area contributed by atoms with E-state index in [0.717, 1.165) is 78.4 Å². The summed E-state index contributed by atoms with van der Waals surface area (Å²) >= 11 is 0. The van der Waals surface area contributed by atoms with Gasteiger partial charge in [0.15, 0.2) is 0 Å². The van der Waals surface area contributed by atoms with E-state index in [1.807, 2.05) is 0 Å². The van der Waals surface area contributed by atoms with Gasteiger partial charge in [0.2, 0.25) is 0 Å². The number of aliphatic hydroxyl groups excluding tert-OH is 1. The molecule has 0 amide bonds. The van der Waals surface area contributed by atoms with Crippen molar-refractivity contribution in [2.45, 2.75) is 135 Å². The number of fused-ring (bicyclic) bond motifs is 8. The Morgan fingerprint density at radius 2 is 1.36 bits per heavy atom. The fourth-order valence-electron chi connectivity index (χ4n) is 10.7. The van der Waals surface area contributed by atoms with Gasteiger partial charge in [0.25, 0.3) is 0 Å². The Balaban J connectivity index is 0.715. The number of carbonyl (C=O) groups is 1. The van der Waals surface area contributed by atoms with Crippen molar-refractivity contribution in [3.63, 3.8) is 0 Å². The third-order valence-corrected chi connectivity index (χ3v) is 13.3. The molecule has 4 nitrogen and oxygen atoms in total. The monoisotopic (exact) mass is 620 g/mol. The van der Waals surface area contributed by atoms with E-state index < -0.39 is 6.10 Å². The Morgan fingerprint density at radius 3 is 2.20 bits per heavy atom. The standard InChI is InChI=1S/C41H64O4/c42-28-32(29-45-41(43)20-8-5-7-15-31-22-24-38-34-17-10-12-19-36(34)40(38)27-31)44-25-13-4-2-1-3-6-14-30-21-23-37-33-16-9-11-18-35(33)39(37)26-30/h9,12,16,19,22,24,30-40,42H,1-8,10-11,13-15,17-18,20-21,23,25-29H2/t30?,31?,32-,33?,34?,35?,36?,37?,38?,39?,40?/m0/s1. The zero-order chi connectivity index (χ0) is 30.8. The van der Waals surface area contributed by atoms with Crippen molar-refractivity contribution in [3.8, 4) is 0 Å². The van der Waals surface area contributed by atoms with Gasteiger partial charge < -0.3 is 14.6 Å². The highest BCUT2D eigenvalue weighted by atomic mass is 16.6. The summed E-state index contributed by atoms with van der Waals surface area (Å²) in [4.78, 5) is 12.3. The summed E-state index contributed by atoms with van der Waals surface area (Å²) in [7, 11) is 0. The Kier molecular flexibility index (Phi) is 12.8. The van der Waals surface area contributed by atoms with E-state index in [9.17, 15) is 9.90 Å². The summed E-state index contributed by atoms with van der Waals surface area (Å²) in [6, 6.07) is 0. The second kappa shape index (κ2) is 17.1. The molecule has 3 saturated carbocycles. The Labute approximate surface area is 274 Å². The second-order valence-corrected chi connectivity index (χ2v) is 16.0. The molecule has 4 heteroatoms. The highest BCUT2D eigenvalue weighted by molar-refractivity contribution is 5.69. The minimum atomic E-state index is -0.397. The summed E-state index contributed by atoms with van der Waals surface area (Å²) in [5.74, 6) is 9.14. The highest BCUT2D eigenvalue weighted by Gasteiger charge is 2.51. The maximum atomic E-state index is 12.3. The molecule has 0 aromatic carbocycles. The summed E-state index contributed by atoms with van der Waals surface area (Å²) in [6.45, 7) is 0.713. The lowest BCUT2D eigenvalue weighted by molar-refractivity contribution is -0.149. The molecule has 3 fully saturated rings. The summed E-state index contributed by atoms with van der Waals surface area (Å²) in [5, 5.41) is 9.68. The van der Waals surface area contributed by atoms with E-state index in [0.29, 0.717) is 13.0 Å². The van der Waals surface area contributed by atoms with Crippen LogP contribution in [0.5, 0.6) is 0 Å². The van der Waals surface area contributed by atoms with Crippen molar-refractivity contribution in [1.82, 2.24) is 0 Å². The molecule has 6 aliphatic rings. The molecule has 11 atom stereocenters. The van der Waals surface area contributed by atoms with E-state index in [-0.39, 0.29) is 19.2 Å². The highest BCUT2D eigenvalue weighted by Crippen LogP contribution is 2.59. The minimum absolute atomic E-state index is 0.0949. The molecular weight excluding hydrogens is 556 g/mol. The van der Waals surface area contributed by atoms with Gasteiger partial charge in [-0.3, -0.25) is 4.79 Å². The van der Waals surface area contributed by atoms with Gasteiger partial charge in [0, 0.05) is 13.0 Å². The molecule has 6 rings (SSSR count). The SMILES string of the molecule is O=C(CCCCCC1C=CC2C3CCC=CC3C2C1)OC[C@H](CO)OCCCCCCCCC1CCC2C3C=CCCC3C2C1. The van der Waals surface area contributed by atoms with Gasteiger partial charge in [-0.2, -0.15) is 0 Å². The van der Waals surface area contributed by atoms with Gasteiger partial charge >= 0.3 is 5.97 Å². The van der Waals surface area contributed by atoms with Crippen molar-refractivity contribution < 1.29 is 19.4 Å². The molecule has 0 spiro atoms. The van der Waals surface area contributed by atoms with Crippen LogP contribution in [0.1, 0.15) is 128 Å². The number of allylic oxidation sites excluding steroid dienone is 6. The first-order valence-corrected chi connectivity index (χ1v) is 19.6. The number of hydrogen-bond donors (Lipinski definition) is 1. The maximum Gasteiger partial charge on any atom is 0.305 e. The molecule has 0 saturated heterocycles. The quantitative estimate of drug-likeness (QED) is 0.0888. The van der Waals surface area contributed by atoms with Crippen LogP contribution >= 0.6 is 0 Å². The Hall–Kier alpha value is -1.39. The molecule has 0 heterocycles.